The molecule has 0 atom stereocenters. The average molecular weight is 278 g/mol. The highest BCUT2D eigenvalue weighted by Crippen LogP contribution is 2.07. The summed E-state index contributed by atoms with van der Waals surface area (Å²) >= 11 is 0. The quantitative estimate of drug-likeness (QED) is 0.671. The van der Waals surface area contributed by atoms with Crippen molar-refractivity contribution in [1.82, 2.24) is 0 Å². The molecule has 0 heterocycles. The van der Waals surface area contributed by atoms with Crippen LogP contribution in [0.3, 0.4) is 0 Å². The van der Waals surface area contributed by atoms with E-state index in [9.17, 15) is 16.8 Å². The van der Waals surface area contributed by atoms with Crippen LogP contribution in [0.4, 0.5) is 4.70 Å². The molecule has 0 aliphatic heterocycles. The van der Waals surface area contributed by atoms with Crippen molar-refractivity contribution in [3.63, 3.8) is 0 Å². The second kappa shape index (κ2) is 7.97. The Hall–Kier alpha value is -0.210. The van der Waals surface area contributed by atoms with Crippen molar-refractivity contribution >= 4 is 20.2 Å². The normalized spacial score (nSPS) is 12.1. The Bertz CT molecular complexity index is 324. The highest BCUT2D eigenvalue weighted by Gasteiger charge is 2.21. The van der Waals surface area contributed by atoms with Crippen LogP contribution in [0.2, 0.25) is 0 Å². The molecule has 100 valence electrons. The summed E-state index contributed by atoms with van der Waals surface area (Å²) in [5, 5.41) is 0. The molecule has 0 bridgehead atoms. The zero-order valence-electron chi connectivity index (χ0n) is 9.51. The lowest BCUT2D eigenvalue weighted by atomic mass is 10.4. The molecule has 0 rings (SSSR count). The Morgan fingerprint density at radius 1 is 0.812 bits per heavy atom. The van der Waals surface area contributed by atoms with E-state index < -0.39 is 20.2 Å². The van der Waals surface area contributed by atoms with E-state index in [-0.39, 0.29) is 16.2 Å². The number of hydrogen-bond donors (Lipinski definition) is 0. The van der Waals surface area contributed by atoms with Crippen LogP contribution in [0.15, 0.2) is 0 Å². The van der Waals surface area contributed by atoms with Crippen molar-refractivity contribution in [2.45, 2.75) is 39.5 Å². The van der Waals surface area contributed by atoms with Gasteiger partial charge in [0.25, 0.3) is 20.2 Å². The number of unbranched alkanes of at least 4 members (excludes halogenated alkanes) is 2. The molecule has 0 aliphatic rings. The van der Waals surface area contributed by atoms with Gasteiger partial charge in [0.05, 0.1) is 11.5 Å². The summed E-state index contributed by atoms with van der Waals surface area (Å²) in [5.74, 6) is -0.482. The van der Waals surface area contributed by atoms with Crippen LogP contribution in [0.5, 0.6) is 0 Å². The molecular weight excluding hydrogens is 259 g/mol. The van der Waals surface area contributed by atoms with E-state index in [1.807, 2.05) is 13.8 Å². The van der Waals surface area contributed by atoms with Gasteiger partial charge in [0, 0.05) is 0 Å². The van der Waals surface area contributed by atoms with Crippen LogP contribution >= 0.6 is 0 Å². The van der Waals surface area contributed by atoms with Gasteiger partial charge in [-0.3, -0.25) is 4.70 Å². The van der Waals surface area contributed by atoms with E-state index in [0.717, 1.165) is 0 Å². The van der Waals surface area contributed by atoms with Gasteiger partial charge in [0.15, 0.2) is 0 Å². The predicted octanol–water partition coefficient (Wildman–Crippen LogP) is 1.42. The summed E-state index contributed by atoms with van der Waals surface area (Å²) in [7, 11) is -7.84. The predicted molar refractivity (Wildman–Crippen MR) is 61.0 cm³/mol. The fraction of sp³-hybridized carbons (Fsp3) is 1.00. The zero-order valence-corrected chi connectivity index (χ0v) is 11.1. The minimum absolute atomic E-state index is 0. The van der Waals surface area contributed by atoms with Gasteiger partial charge in [0.2, 0.25) is 0 Å². The zero-order chi connectivity index (χ0) is 11.9. The fourth-order valence-corrected chi connectivity index (χ4v) is 3.96. The van der Waals surface area contributed by atoms with Crippen LogP contribution in [0, 0.1) is 0 Å². The Morgan fingerprint density at radius 3 is 1.38 bits per heavy atom. The van der Waals surface area contributed by atoms with Gasteiger partial charge in [-0.15, -0.1) is 3.63 Å². The summed E-state index contributed by atoms with van der Waals surface area (Å²) < 4.78 is 48.8. The van der Waals surface area contributed by atoms with Gasteiger partial charge in [-0.05, 0) is 12.8 Å². The standard InChI is InChI=1S/C8H18O5S2.FH/c1-3-5-7-14(9,10)13-15(11,12)8-6-4-2;/h3-8H2,1-2H3;1H. The summed E-state index contributed by atoms with van der Waals surface area (Å²) in [4.78, 5) is 0. The number of rotatable bonds is 8. The van der Waals surface area contributed by atoms with E-state index in [1.54, 1.807) is 0 Å². The van der Waals surface area contributed by atoms with Crippen LogP contribution in [-0.4, -0.2) is 28.3 Å². The Labute approximate surface area is 96.8 Å². The van der Waals surface area contributed by atoms with Gasteiger partial charge in [0.1, 0.15) is 0 Å². The summed E-state index contributed by atoms with van der Waals surface area (Å²) in [5.41, 5.74) is 0. The van der Waals surface area contributed by atoms with Crippen molar-refractivity contribution in [3.05, 3.63) is 0 Å². The molecule has 0 fully saturated rings. The maximum Gasteiger partial charge on any atom is 0.281 e. The van der Waals surface area contributed by atoms with Crippen molar-refractivity contribution < 1.29 is 25.2 Å². The molecule has 5 nitrogen and oxygen atoms in total. The van der Waals surface area contributed by atoms with E-state index in [1.165, 1.54) is 0 Å². The molecule has 0 aromatic heterocycles. The highest BCUT2D eigenvalue weighted by atomic mass is 32.3. The molecule has 0 aliphatic carbocycles. The first kappa shape index (κ1) is 18.2. The fourth-order valence-electron chi connectivity index (χ4n) is 0.868. The molecule has 0 aromatic carbocycles. The average Bonchev–Trinajstić information content (AvgIpc) is 2.10. The van der Waals surface area contributed by atoms with E-state index in [0.29, 0.717) is 25.7 Å². The van der Waals surface area contributed by atoms with Crippen molar-refractivity contribution in [3.8, 4) is 0 Å². The lowest BCUT2D eigenvalue weighted by molar-refractivity contribution is 0.459. The molecule has 0 unspecified atom stereocenters. The second-order valence-electron chi connectivity index (χ2n) is 3.30. The maximum atomic E-state index is 11.2. The summed E-state index contributed by atoms with van der Waals surface area (Å²) in [6.45, 7) is 3.64. The van der Waals surface area contributed by atoms with Gasteiger partial charge in [-0.25, -0.2) is 0 Å². The van der Waals surface area contributed by atoms with Crippen molar-refractivity contribution in [2.75, 3.05) is 11.5 Å². The lowest BCUT2D eigenvalue weighted by Crippen LogP contribution is -2.18. The third-order valence-corrected chi connectivity index (χ3v) is 4.94. The first-order chi connectivity index (χ1) is 6.83. The van der Waals surface area contributed by atoms with E-state index >= 15 is 0 Å². The van der Waals surface area contributed by atoms with E-state index in [2.05, 4.69) is 3.63 Å². The molecule has 0 saturated heterocycles. The van der Waals surface area contributed by atoms with Crippen LogP contribution in [-0.2, 0) is 23.9 Å². The highest BCUT2D eigenvalue weighted by molar-refractivity contribution is 7.99. The molecule has 0 saturated carbocycles. The van der Waals surface area contributed by atoms with Crippen LogP contribution in [0.1, 0.15) is 39.5 Å². The van der Waals surface area contributed by atoms with Crippen molar-refractivity contribution in [1.29, 1.82) is 0 Å². The van der Waals surface area contributed by atoms with Gasteiger partial charge >= 0.3 is 0 Å². The first-order valence-corrected chi connectivity index (χ1v) is 8.15. The Balaban J connectivity index is 0. The molecule has 0 N–H and O–H groups in total. The molecule has 0 spiro atoms. The van der Waals surface area contributed by atoms with Gasteiger partial charge in [-0.2, -0.15) is 16.8 Å². The molecule has 0 aromatic rings. The molecular formula is C8H19FO5S2. The topological polar surface area (TPSA) is 77.5 Å². The lowest BCUT2D eigenvalue weighted by Gasteiger charge is -2.04. The van der Waals surface area contributed by atoms with Crippen LogP contribution in [0.25, 0.3) is 0 Å². The second-order valence-corrected chi connectivity index (χ2v) is 6.89. The van der Waals surface area contributed by atoms with Gasteiger partial charge < -0.3 is 0 Å². The van der Waals surface area contributed by atoms with E-state index in [4.69, 9.17) is 0 Å². The summed E-state index contributed by atoms with van der Waals surface area (Å²) in [6, 6.07) is 0. The SMILES string of the molecule is CCCCS(=O)(=O)OS(=O)(=O)CCCC.F. The largest absolute Gasteiger partial charge is 0.281 e. The number of halogens is 1. The summed E-state index contributed by atoms with van der Waals surface area (Å²) in [6.07, 6.45) is 2.17. The maximum absolute atomic E-state index is 11.2. The smallest absolute Gasteiger partial charge is 0.269 e. The van der Waals surface area contributed by atoms with Crippen molar-refractivity contribution in [2.24, 2.45) is 0 Å². The third kappa shape index (κ3) is 9.05. The molecule has 0 radical (unpaired) electrons. The number of hydrogen-bond acceptors (Lipinski definition) is 5. The first-order valence-electron chi connectivity index (χ1n) is 4.99. The minimum Gasteiger partial charge on any atom is -0.269 e. The monoisotopic (exact) mass is 278 g/mol. The van der Waals surface area contributed by atoms with Gasteiger partial charge in [-0.1, -0.05) is 26.7 Å². The Kier molecular flexibility index (Phi) is 9.04. The minimum atomic E-state index is -3.92. The van der Waals surface area contributed by atoms with Crippen LogP contribution < -0.4 is 0 Å². The third-order valence-electron chi connectivity index (χ3n) is 1.70. The molecule has 16 heavy (non-hydrogen) atoms. The Morgan fingerprint density at radius 2 is 1.12 bits per heavy atom. The molecule has 8 heteroatoms. The molecule has 0 amide bonds.